The lowest BCUT2D eigenvalue weighted by Crippen LogP contribution is -2.46. The van der Waals surface area contributed by atoms with E-state index in [9.17, 15) is 14.4 Å². The van der Waals surface area contributed by atoms with Gasteiger partial charge in [0.25, 0.3) is 5.91 Å². The molecule has 210 valence electrons. The van der Waals surface area contributed by atoms with Crippen LogP contribution in [0, 0.1) is 5.41 Å². The van der Waals surface area contributed by atoms with Gasteiger partial charge in [0.05, 0.1) is 12.5 Å². The number of primary amides is 1. The van der Waals surface area contributed by atoms with Crippen LogP contribution in [0.15, 0.2) is 72.8 Å². The van der Waals surface area contributed by atoms with Crippen molar-refractivity contribution in [3.05, 3.63) is 88.9 Å². The van der Waals surface area contributed by atoms with Crippen LogP contribution in [0.25, 0.3) is 0 Å². The van der Waals surface area contributed by atoms with Crippen LogP contribution in [0.5, 0.6) is 5.75 Å². The summed E-state index contributed by atoms with van der Waals surface area (Å²) in [4.78, 5) is 42.7. The van der Waals surface area contributed by atoms with Crippen LogP contribution in [0.2, 0.25) is 5.02 Å². The van der Waals surface area contributed by atoms with Crippen LogP contribution in [0.3, 0.4) is 0 Å². The summed E-state index contributed by atoms with van der Waals surface area (Å²) < 4.78 is 5.78. The number of likely N-dealkylation sites (N-methyl/N-ethyl adjacent to an activating group) is 1. The van der Waals surface area contributed by atoms with Crippen molar-refractivity contribution in [1.82, 2.24) is 0 Å². The number of carbonyl (C=O) groups is 3. The average Bonchev–Trinajstić information content (AvgIpc) is 2.94. The first-order valence-electron chi connectivity index (χ1n) is 13.6. The molecule has 8 heteroatoms. The number of nitrogens with two attached hydrogens (primary N) is 1. The Morgan fingerprint density at radius 1 is 1.02 bits per heavy atom. The molecule has 7 nitrogen and oxygen atoms in total. The predicted molar refractivity (Wildman–Crippen MR) is 159 cm³/mol. The summed E-state index contributed by atoms with van der Waals surface area (Å²) in [6.45, 7) is 8.35. The Morgan fingerprint density at radius 3 is 2.30 bits per heavy atom. The highest BCUT2D eigenvalue weighted by Gasteiger charge is 2.38. The van der Waals surface area contributed by atoms with Gasteiger partial charge in [-0.1, -0.05) is 43.6 Å². The lowest BCUT2D eigenvalue weighted by Gasteiger charge is -2.40. The maximum absolute atomic E-state index is 13.8. The molecule has 2 atom stereocenters. The van der Waals surface area contributed by atoms with Crippen molar-refractivity contribution in [3.63, 3.8) is 0 Å². The van der Waals surface area contributed by atoms with Crippen LogP contribution in [0.4, 0.5) is 11.4 Å². The van der Waals surface area contributed by atoms with E-state index in [1.807, 2.05) is 50.2 Å². The quantitative estimate of drug-likeness (QED) is 0.337. The normalized spacial score (nSPS) is 16.7. The molecule has 0 saturated heterocycles. The minimum absolute atomic E-state index is 0.00256. The zero-order chi connectivity index (χ0) is 29.0. The van der Waals surface area contributed by atoms with Crippen molar-refractivity contribution in [2.75, 3.05) is 23.0 Å². The number of hydrogen-bond donors (Lipinski definition) is 1. The molecule has 4 rings (SSSR count). The van der Waals surface area contributed by atoms with Crippen molar-refractivity contribution in [2.24, 2.45) is 11.1 Å². The molecule has 1 aliphatic heterocycles. The predicted octanol–water partition coefficient (Wildman–Crippen LogP) is 6.20. The Morgan fingerprint density at radius 2 is 1.68 bits per heavy atom. The number of nitrogens with zero attached hydrogens (tertiary/aromatic N) is 2. The first-order valence-corrected chi connectivity index (χ1v) is 13.9. The summed E-state index contributed by atoms with van der Waals surface area (Å²) in [5.74, 6) is -0.290. The molecule has 0 aromatic heterocycles. The summed E-state index contributed by atoms with van der Waals surface area (Å²) in [6.07, 6.45) is 0.987. The number of carbonyl (C=O) groups excluding carboxylic acids is 3. The van der Waals surface area contributed by atoms with Gasteiger partial charge < -0.3 is 20.3 Å². The first-order chi connectivity index (χ1) is 19.0. The van der Waals surface area contributed by atoms with E-state index in [0.717, 1.165) is 16.9 Å². The van der Waals surface area contributed by atoms with Gasteiger partial charge >= 0.3 is 0 Å². The highest BCUT2D eigenvalue weighted by Crippen LogP contribution is 2.41. The Balaban J connectivity index is 1.53. The second-order valence-electron chi connectivity index (χ2n) is 10.8. The van der Waals surface area contributed by atoms with E-state index in [0.29, 0.717) is 42.3 Å². The molecule has 0 unspecified atom stereocenters. The van der Waals surface area contributed by atoms with E-state index >= 15 is 0 Å². The molecule has 0 saturated carbocycles. The van der Waals surface area contributed by atoms with Crippen molar-refractivity contribution >= 4 is 40.7 Å². The summed E-state index contributed by atoms with van der Waals surface area (Å²) in [6, 6.07) is 21.7. The topological polar surface area (TPSA) is 92.9 Å². The number of hydrogen-bond acceptors (Lipinski definition) is 4. The molecule has 1 heterocycles. The van der Waals surface area contributed by atoms with E-state index in [-0.39, 0.29) is 29.7 Å². The third-order valence-electron chi connectivity index (χ3n) is 7.59. The van der Waals surface area contributed by atoms with E-state index in [4.69, 9.17) is 22.1 Å². The minimum Gasteiger partial charge on any atom is -0.494 e. The molecule has 2 N–H and O–H groups in total. The second kappa shape index (κ2) is 12.1. The fraction of sp³-hybridized carbons (Fsp3) is 0.344. The van der Waals surface area contributed by atoms with E-state index in [2.05, 4.69) is 0 Å². The number of halogens is 1. The Labute approximate surface area is 240 Å². The largest absolute Gasteiger partial charge is 0.494 e. The van der Waals surface area contributed by atoms with Crippen LogP contribution < -0.4 is 20.3 Å². The van der Waals surface area contributed by atoms with E-state index in [1.165, 1.54) is 0 Å². The molecule has 0 fully saturated rings. The maximum Gasteiger partial charge on any atom is 0.258 e. The number of benzene rings is 3. The van der Waals surface area contributed by atoms with Crippen LogP contribution >= 0.6 is 11.6 Å². The minimum atomic E-state index is -0.657. The van der Waals surface area contributed by atoms with E-state index in [1.54, 1.807) is 60.0 Å². The van der Waals surface area contributed by atoms with Crippen molar-refractivity contribution in [1.29, 1.82) is 0 Å². The van der Waals surface area contributed by atoms with Gasteiger partial charge in [0, 0.05) is 40.0 Å². The van der Waals surface area contributed by atoms with Crippen LogP contribution in [-0.4, -0.2) is 36.9 Å². The van der Waals surface area contributed by atoms with E-state index < -0.39 is 5.41 Å². The molecule has 0 radical (unpaired) electrons. The van der Waals surface area contributed by atoms with Gasteiger partial charge in [0.15, 0.2) is 0 Å². The van der Waals surface area contributed by atoms with Gasteiger partial charge in [-0.25, -0.2) is 0 Å². The Kier molecular flexibility index (Phi) is 8.84. The van der Waals surface area contributed by atoms with Gasteiger partial charge in [-0.3, -0.25) is 14.4 Å². The maximum atomic E-state index is 13.8. The lowest BCUT2D eigenvalue weighted by molar-refractivity contribution is -0.126. The molecule has 0 spiro atoms. The number of anilines is 2. The van der Waals surface area contributed by atoms with Gasteiger partial charge in [-0.2, -0.15) is 0 Å². The highest BCUT2D eigenvalue weighted by atomic mass is 35.5. The first kappa shape index (κ1) is 29.2. The Hall–Kier alpha value is -3.84. The van der Waals surface area contributed by atoms with Gasteiger partial charge in [0.2, 0.25) is 11.8 Å². The average molecular weight is 562 g/mol. The third-order valence-corrected chi connectivity index (χ3v) is 7.84. The number of ether oxygens (including phenoxy) is 1. The number of rotatable bonds is 9. The smallest absolute Gasteiger partial charge is 0.258 e. The van der Waals surface area contributed by atoms with Gasteiger partial charge in [0.1, 0.15) is 5.75 Å². The van der Waals surface area contributed by atoms with Crippen molar-refractivity contribution < 1.29 is 19.1 Å². The standard InChI is InChI=1S/C32H36ClN3O4/c1-5-35(24-14-12-23(33)13-15-24)30(38)27-20-21(2)36(28-9-7-6-8-26(27)28)29(37)22-10-16-25(17-11-22)40-19-18-32(3,4)31(34)39/h6-17,21,27H,5,18-20H2,1-4H3,(H2,34,39)/t21-,27+/m1/s1. The zero-order valence-corrected chi connectivity index (χ0v) is 24.1. The molecule has 3 aromatic carbocycles. The second-order valence-corrected chi connectivity index (χ2v) is 11.2. The highest BCUT2D eigenvalue weighted by molar-refractivity contribution is 6.30. The van der Waals surface area contributed by atoms with Crippen molar-refractivity contribution in [2.45, 2.75) is 52.5 Å². The fourth-order valence-electron chi connectivity index (χ4n) is 5.01. The van der Waals surface area contributed by atoms with Gasteiger partial charge in [-0.05, 0) is 86.8 Å². The van der Waals surface area contributed by atoms with Crippen molar-refractivity contribution in [3.8, 4) is 5.75 Å². The molecule has 0 aliphatic carbocycles. The molecule has 1 aliphatic rings. The monoisotopic (exact) mass is 561 g/mol. The molecule has 0 bridgehead atoms. The number of para-hydroxylation sites is 1. The molecule has 3 aromatic rings. The molecule has 3 amide bonds. The summed E-state index contributed by atoms with van der Waals surface area (Å²) in [7, 11) is 0. The molecular formula is C32H36ClN3O4. The molecule has 40 heavy (non-hydrogen) atoms. The summed E-state index contributed by atoms with van der Waals surface area (Å²) >= 11 is 6.06. The number of amides is 3. The number of fused-ring (bicyclic) bond motifs is 1. The van der Waals surface area contributed by atoms with Crippen LogP contribution in [-0.2, 0) is 9.59 Å². The fourth-order valence-corrected chi connectivity index (χ4v) is 5.14. The van der Waals surface area contributed by atoms with Crippen LogP contribution in [0.1, 0.15) is 62.4 Å². The zero-order valence-electron chi connectivity index (χ0n) is 23.4. The SMILES string of the molecule is CCN(C(=O)[C@H]1C[C@@H](C)N(C(=O)c2ccc(OCCC(C)(C)C(N)=O)cc2)c2ccccc21)c1ccc(Cl)cc1. The Bertz CT molecular complexity index is 1370. The molecular weight excluding hydrogens is 526 g/mol. The van der Waals surface area contributed by atoms with Gasteiger partial charge in [-0.15, -0.1) is 0 Å². The summed E-state index contributed by atoms with van der Waals surface area (Å²) in [5, 5.41) is 0.615. The third kappa shape index (κ3) is 6.15. The lowest BCUT2D eigenvalue weighted by atomic mass is 9.84. The summed E-state index contributed by atoms with van der Waals surface area (Å²) in [5.41, 5.74) is 7.67.